The van der Waals surface area contributed by atoms with Crippen LogP contribution in [0.5, 0.6) is 17.2 Å². The van der Waals surface area contributed by atoms with Gasteiger partial charge in [0.15, 0.2) is 6.10 Å². The normalized spacial score (nSPS) is 11.5. The predicted molar refractivity (Wildman–Crippen MR) is 97.4 cm³/mol. The molecule has 0 heterocycles. The molecule has 0 fully saturated rings. The molecular weight excluding hydrogens is 318 g/mol. The summed E-state index contributed by atoms with van der Waals surface area (Å²) >= 11 is 0. The van der Waals surface area contributed by atoms with E-state index in [1.54, 1.807) is 20.3 Å². The molecule has 5 heteroatoms. The highest BCUT2D eigenvalue weighted by Crippen LogP contribution is 2.20. The van der Waals surface area contributed by atoms with E-state index in [0.29, 0.717) is 24.5 Å². The van der Waals surface area contributed by atoms with Gasteiger partial charge in [-0.3, -0.25) is 4.79 Å². The minimum atomic E-state index is -0.525. The molecule has 134 valence electrons. The molecule has 2 rings (SSSR count). The lowest BCUT2D eigenvalue weighted by Crippen LogP contribution is -2.38. The lowest BCUT2D eigenvalue weighted by molar-refractivity contribution is -0.128. The van der Waals surface area contributed by atoms with E-state index in [9.17, 15) is 4.79 Å². The van der Waals surface area contributed by atoms with Crippen molar-refractivity contribution < 1.29 is 19.0 Å². The van der Waals surface area contributed by atoms with Crippen molar-refractivity contribution in [1.82, 2.24) is 5.32 Å². The quantitative estimate of drug-likeness (QED) is 0.759. The fourth-order valence-electron chi connectivity index (χ4n) is 2.40. The van der Waals surface area contributed by atoms with Crippen molar-refractivity contribution in [3.8, 4) is 17.2 Å². The minimum absolute atomic E-state index is 0.112. The number of ether oxygens (including phenoxy) is 3. The number of nitrogens with one attached hydrogen (secondary N) is 1. The maximum Gasteiger partial charge on any atom is 0.261 e. The Kier molecular flexibility index (Phi) is 7.14. The third-order valence-electron chi connectivity index (χ3n) is 3.85. The van der Waals surface area contributed by atoms with Crippen LogP contribution in [-0.2, 0) is 11.2 Å². The summed E-state index contributed by atoms with van der Waals surface area (Å²) in [7, 11) is 3.24. The van der Waals surface area contributed by atoms with Gasteiger partial charge in [0.2, 0.25) is 0 Å². The van der Waals surface area contributed by atoms with Crippen molar-refractivity contribution >= 4 is 5.91 Å². The molecule has 1 N–H and O–H groups in total. The van der Waals surface area contributed by atoms with Crippen LogP contribution in [-0.4, -0.2) is 32.8 Å². The van der Waals surface area contributed by atoms with Gasteiger partial charge < -0.3 is 19.5 Å². The standard InChI is InChI=1S/C20H25NO4/c1-4-19(25-18-7-5-6-17(14-18)24-3)20(22)21-13-12-15-8-10-16(23-2)11-9-15/h5-11,14,19H,4,12-13H2,1-3H3,(H,21,22)/t19-/m1/s1. The predicted octanol–water partition coefficient (Wildman–Crippen LogP) is 3.22. The molecule has 0 saturated heterocycles. The first kappa shape index (κ1) is 18.6. The van der Waals surface area contributed by atoms with Crippen molar-refractivity contribution in [2.24, 2.45) is 0 Å². The Bertz CT molecular complexity index is 670. The number of carbonyl (C=O) groups is 1. The van der Waals surface area contributed by atoms with Crippen LogP contribution in [0.1, 0.15) is 18.9 Å². The first-order chi connectivity index (χ1) is 12.2. The van der Waals surface area contributed by atoms with Crippen molar-refractivity contribution in [3.05, 3.63) is 54.1 Å². The topological polar surface area (TPSA) is 56.8 Å². The molecule has 5 nitrogen and oxygen atoms in total. The Morgan fingerprint density at radius 3 is 2.32 bits per heavy atom. The van der Waals surface area contributed by atoms with Crippen LogP contribution in [0.2, 0.25) is 0 Å². The van der Waals surface area contributed by atoms with Gasteiger partial charge in [-0.05, 0) is 42.7 Å². The number of methoxy groups -OCH3 is 2. The van der Waals surface area contributed by atoms with Gasteiger partial charge >= 0.3 is 0 Å². The molecule has 2 aromatic rings. The first-order valence-electron chi connectivity index (χ1n) is 8.37. The molecule has 0 radical (unpaired) electrons. The first-order valence-corrected chi connectivity index (χ1v) is 8.37. The van der Waals surface area contributed by atoms with E-state index in [4.69, 9.17) is 14.2 Å². The van der Waals surface area contributed by atoms with Crippen LogP contribution in [0.25, 0.3) is 0 Å². The van der Waals surface area contributed by atoms with Gasteiger partial charge in [0.25, 0.3) is 5.91 Å². The van der Waals surface area contributed by atoms with Crippen LogP contribution in [0.15, 0.2) is 48.5 Å². The number of benzene rings is 2. The van der Waals surface area contributed by atoms with Gasteiger partial charge in [-0.15, -0.1) is 0 Å². The number of carbonyl (C=O) groups excluding carboxylic acids is 1. The molecule has 0 unspecified atom stereocenters. The van der Waals surface area contributed by atoms with Gasteiger partial charge in [0, 0.05) is 12.6 Å². The second-order valence-corrected chi connectivity index (χ2v) is 5.58. The average Bonchev–Trinajstić information content (AvgIpc) is 2.66. The van der Waals surface area contributed by atoms with E-state index in [1.807, 2.05) is 49.4 Å². The lowest BCUT2D eigenvalue weighted by atomic mass is 10.1. The summed E-state index contributed by atoms with van der Waals surface area (Å²) in [5, 5.41) is 2.93. The van der Waals surface area contributed by atoms with Crippen molar-refractivity contribution in [1.29, 1.82) is 0 Å². The van der Waals surface area contributed by atoms with E-state index in [-0.39, 0.29) is 5.91 Å². The number of amides is 1. The van der Waals surface area contributed by atoms with E-state index in [0.717, 1.165) is 17.7 Å². The minimum Gasteiger partial charge on any atom is -0.497 e. The zero-order valence-electron chi connectivity index (χ0n) is 15.0. The largest absolute Gasteiger partial charge is 0.497 e. The average molecular weight is 343 g/mol. The van der Waals surface area contributed by atoms with Gasteiger partial charge in [-0.2, -0.15) is 0 Å². The molecular formula is C20H25NO4. The van der Waals surface area contributed by atoms with E-state index in [2.05, 4.69) is 5.32 Å². The SMILES string of the molecule is CC[C@@H](Oc1cccc(OC)c1)C(=O)NCCc1ccc(OC)cc1. The van der Waals surface area contributed by atoms with Crippen LogP contribution in [0.3, 0.4) is 0 Å². The molecule has 0 aliphatic rings. The molecule has 0 aromatic heterocycles. The van der Waals surface area contributed by atoms with Crippen molar-refractivity contribution in [2.75, 3.05) is 20.8 Å². The van der Waals surface area contributed by atoms with Crippen molar-refractivity contribution in [2.45, 2.75) is 25.9 Å². The number of hydrogen-bond acceptors (Lipinski definition) is 4. The molecule has 25 heavy (non-hydrogen) atoms. The third-order valence-corrected chi connectivity index (χ3v) is 3.85. The maximum atomic E-state index is 12.3. The van der Waals surface area contributed by atoms with E-state index < -0.39 is 6.10 Å². The van der Waals surface area contributed by atoms with Crippen molar-refractivity contribution in [3.63, 3.8) is 0 Å². The van der Waals surface area contributed by atoms with E-state index >= 15 is 0 Å². The van der Waals surface area contributed by atoms with Gasteiger partial charge in [-0.25, -0.2) is 0 Å². The lowest BCUT2D eigenvalue weighted by Gasteiger charge is -2.17. The summed E-state index contributed by atoms with van der Waals surface area (Å²) < 4.78 is 16.1. The summed E-state index contributed by atoms with van der Waals surface area (Å²) in [6.45, 7) is 2.48. The van der Waals surface area contributed by atoms with E-state index in [1.165, 1.54) is 0 Å². The molecule has 0 aliphatic heterocycles. The number of hydrogen-bond donors (Lipinski definition) is 1. The summed E-state index contributed by atoms with van der Waals surface area (Å²) in [4.78, 5) is 12.3. The zero-order valence-corrected chi connectivity index (χ0v) is 15.0. The number of rotatable bonds is 9. The zero-order chi connectivity index (χ0) is 18.1. The van der Waals surface area contributed by atoms with Crippen LogP contribution >= 0.6 is 0 Å². The molecule has 1 amide bonds. The Balaban J connectivity index is 1.84. The fourth-order valence-corrected chi connectivity index (χ4v) is 2.40. The fraction of sp³-hybridized carbons (Fsp3) is 0.350. The molecule has 0 aliphatic carbocycles. The monoisotopic (exact) mass is 343 g/mol. The highest BCUT2D eigenvalue weighted by molar-refractivity contribution is 5.81. The summed E-state index contributed by atoms with van der Waals surface area (Å²) in [5.41, 5.74) is 1.14. The van der Waals surface area contributed by atoms with Crippen LogP contribution in [0, 0.1) is 0 Å². The molecule has 1 atom stereocenters. The second kappa shape index (κ2) is 9.57. The van der Waals surface area contributed by atoms with Gasteiger partial charge in [0.05, 0.1) is 14.2 Å². The molecule has 0 bridgehead atoms. The van der Waals surface area contributed by atoms with Crippen LogP contribution < -0.4 is 19.5 Å². The Hall–Kier alpha value is -2.69. The summed E-state index contributed by atoms with van der Waals surface area (Å²) in [5.74, 6) is 2.04. The second-order valence-electron chi connectivity index (χ2n) is 5.58. The Morgan fingerprint density at radius 2 is 1.68 bits per heavy atom. The summed E-state index contributed by atoms with van der Waals surface area (Å²) in [6.07, 6.45) is 0.819. The third kappa shape index (κ3) is 5.71. The van der Waals surface area contributed by atoms with Crippen LogP contribution in [0.4, 0.5) is 0 Å². The smallest absolute Gasteiger partial charge is 0.261 e. The highest BCUT2D eigenvalue weighted by Gasteiger charge is 2.18. The molecule has 0 spiro atoms. The van der Waals surface area contributed by atoms with Gasteiger partial charge in [0.1, 0.15) is 17.2 Å². The molecule has 0 saturated carbocycles. The Labute approximate surface area is 148 Å². The van der Waals surface area contributed by atoms with Gasteiger partial charge in [-0.1, -0.05) is 25.1 Å². The highest BCUT2D eigenvalue weighted by atomic mass is 16.5. The Morgan fingerprint density at radius 1 is 1.00 bits per heavy atom. The molecule has 2 aromatic carbocycles. The summed E-state index contributed by atoms with van der Waals surface area (Å²) in [6, 6.07) is 15.1. The maximum absolute atomic E-state index is 12.3.